The fourth-order valence-electron chi connectivity index (χ4n) is 3.70. The molecular weight excluding hydrogens is 498 g/mol. The first-order chi connectivity index (χ1) is 17.7. The number of rotatable bonds is 12. The van der Waals surface area contributed by atoms with Crippen LogP contribution in [0.1, 0.15) is 22.7 Å². The molecule has 0 heterocycles. The van der Waals surface area contributed by atoms with Crippen LogP contribution in [-0.4, -0.2) is 47.9 Å². The number of benzene rings is 3. The van der Waals surface area contributed by atoms with Crippen LogP contribution in [0.2, 0.25) is 0 Å². The standard InChI is InChI=1S/C27H29NO8S/c1-33-20-15-24(35-3)21(25(16-20)36-4)12-13-37(31,32)17-18-10-11-23(34-2)22(14-18)28-26(27(29)30)19-8-6-5-7-9-19/h5-16,26,28H,17H2,1-4H3,(H,29,30)/b13-12+/t26-/m0/s1. The van der Waals surface area contributed by atoms with Crippen molar-refractivity contribution in [2.45, 2.75) is 11.8 Å². The Morgan fingerprint density at radius 2 is 1.51 bits per heavy atom. The van der Waals surface area contributed by atoms with Gasteiger partial charge < -0.3 is 29.4 Å². The molecule has 0 amide bonds. The van der Waals surface area contributed by atoms with E-state index in [-0.39, 0.29) is 5.75 Å². The molecule has 0 bridgehead atoms. The second-order valence-corrected chi connectivity index (χ2v) is 9.80. The van der Waals surface area contributed by atoms with Gasteiger partial charge in [-0.15, -0.1) is 0 Å². The van der Waals surface area contributed by atoms with Gasteiger partial charge in [0.2, 0.25) is 0 Å². The van der Waals surface area contributed by atoms with Gasteiger partial charge in [0.25, 0.3) is 0 Å². The number of aliphatic carboxylic acids is 1. The van der Waals surface area contributed by atoms with Gasteiger partial charge in [-0.2, -0.15) is 0 Å². The summed E-state index contributed by atoms with van der Waals surface area (Å²) in [7, 11) is 2.15. The van der Waals surface area contributed by atoms with E-state index < -0.39 is 21.8 Å². The molecule has 10 heteroatoms. The number of carboxylic acid groups (broad SMARTS) is 1. The molecule has 196 valence electrons. The first kappa shape index (κ1) is 27.4. The van der Waals surface area contributed by atoms with Crippen molar-refractivity contribution in [3.05, 3.63) is 82.8 Å². The van der Waals surface area contributed by atoms with E-state index in [0.717, 1.165) is 5.41 Å². The maximum atomic E-state index is 13.0. The molecule has 37 heavy (non-hydrogen) atoms. The van der Waals surface area contributed by atoms with Crippen molar-refractivity contribution < 1.29 is 37.3 Å². The third-order valence-electron chi connectivity index (χ3n) is 5.51. The van der Waals surface area contributed by atoms with Crippen LogP contribution in [-0.2, 0) is 20.4 Å². The Labute approximate surface area is 216 Å². The first-order valence-corrected chi connectivity index (χ1v) is 12.8. The summed E-state index contributed by atoms with van der Waals surface area (Å²) in [5, 5.41) is 13.8. The van der Waals surface area contributed by atoms with E-state index in [0.29, 0.717) is 45.4 Å². The van der Waals surface area contributed by atoms with Gasteiger partial charge in [0.05, 0.1) is 45.4 Å². The summed E-state index contributed by atoms with van der Waals surface area (Å²) in [4.78, 5) is 11.9. The second kappa shape index (κ2) is 12.2. The monoisotopic (exact) mass is 527 g/mol. The summed E-state index contributed by atoms with van der Waals surface area (Å²) in [6.45, 7) is 0. The number of anilines is 1. The Bertz CT molecular complexity index is 1350. The topological polar surface area (TPSA) is 120 Å². The minimum atomic E-state index is -3.74. The van der Waals surface area contributed by atoms with Gasteiger partial charge in [-0.1, -0.05) is 36.4 Å². The van der Waals surface area contributed by atoms with Crippen molar-refractivity contribution in [1.82, 2.24) is 0 Å². The summed E-state index contributed by atoms with van der Waals surface area (Å²) < 4.78 is 47.3. The number of hydrogen-bond donors (Lipinski definition) is 2. The molecule has 0 fully saturated rings. The Morgan fingerprint density at radius 1 is 0.892 bits per heavy atom. The summed E-state index contributed by atoms with van der Waals surface area (Å²) in [6, 6.07) is 15.6. The Kier molecular flexibility index (Phi) is 9.02. The third-order valence-corrected chi connectivity index (χ3v) is 6.79. The smallest absolute Gasteiger partial charge is 0.330 e. The number of methoxy groups -OCH3 is 4. The minimum absolute atomic E-state index is 0.327. The zero-order valence-electron chi connectivity index (χ0n) is 20.9. The Morgan fingerprint density at radius 3 is 2.05 bits per heavy atom. The summed E-state index contributed by atoms with van der Waals surface area (Å²) in [5.41, 5.74) is 1.78. The predicted molar refractivity (Wildman–Crippen MR) is 141 cm³/mol. The molecule has 0 unspecified atom stereocenters. The number of ether oxygens (including phenoxy) is 4. The molecule has 0 radical (unpaired) electrons. The molecule has 0 aliphatic rings. The highest BCUT2D eigenvalue weighted by Crippen LogP contribution is 2.35. The third kappa shape index (κ3) is 6.95. The summed E-state index contributed by atoms with van der Waals surface area (Å²) in [6.07, 6.45) is 1.41. The summed E-state index contributed by atoms with van der Waals surface area (Å²) in [5.74, 6) is 0.246. The van der Waals surface area contributed by atoms with Crippen LogP contribution in [0.5, 0.6) is 23.0 Å². The maximum absolute atomic E-state index is 13.0. The molecule has 0 saturated carbocycles. The highest BCUT2D eigenvalue weighted by atomic mass is 32.2. The lowest BCUT2D eigenvalue weighted by molar-refractivity contribution is -0.138. The average molecular weight is 528 g/mol. The van der Waals surface area contributed by atoms with E-state index >= 15 is 0 Å². The zero-order chi connectivity index (χ0) is 27.0. The Balaban J connectivity index is 1.89. The van der Waals surface area contributed by atoms with Crippen LogP contribution < -0.4 is 24.3 Å². The molecule has 0 saturated heterocycles. The van der Waals surface area contributed by atoms with Crippen molar-refractivity contribution >= 4 is 27.6 Å². The van der Waals surface area contributed by atoms with Gasteiger partial charge in [0, 0.05) is 17.5 Å². The first-order valence-electron chi connectivity index (χ1n) is 11.1. The van der Waals surface area contributed by atoms with Gasteiger partial charge in [-0.05, 0) is 29.3 Å². The van der Waals surface area contributed by atoms with Gasteiger partial charge >= 0.3 is 5.97 Å². The molecular formula is C27H29NO8S. The molecule has 0 aromatic heterocycles. The lowest BCUT2D eigenvalue weighted by Crippen LogP contribution is -2.21. The van der Waals surface area contributed by atoms with Crippen molar-refractivity contribution in [2.24, 2.45) is 0 Å². The molecule has 0 spiro atoms. The minimum Gasteiger partial charge on any atom is -0.496 e. The predicted octanol–water partition coefficient (Wildman–Crippen LogP) is 4.54. The highest BCUT2D eigenvalue weighted by molar-refractivity contribution is 7.93. The van der Waals surface area contributed by atoms with Crippen LogP contribution >= 0.6 is 0 Å². The van der Waals surface area contributed by atoms with E-state index in [1.54, 1.807) is 60.7 Å². The highest BCUT2D eigenvalue weighted by Gasteiger charge is 2.22. The van der Waals surface area contributed by atoms with Crippen LogP contribution in [0.4, 0.5) is 5.69 Å². The average Bonchev–Trinajstić information content (AvgIpc) is 2.90. The number of carboxylic acids is 1. The molecule has 1 atom stereocenters. The fraction of sp³-hybridized carbons (Fsp3) is 0.222. The van der Waals surface area contributed by atoms with Gasteiger partial charge in [-0.3, -0.25) is 0 Å². The van der Waals surface area contributed by atoms with Crippen molar-refractivity contribution in [2.75, 3.05) is 33.8 Å². The van der Waals surface area contributed by atoms with Crippen molar-refractivity contribution in [3.63, 3.8) is 0 Å². The van der Waals surface area contributed by atoms with E-state index in [4.69, 9.17) is 18.9 Å². The molecule has 0 aliphatic carbocycles. The van der Waals surface area contributed by atoms with Crippen molar-refractivity contribution in [1.29, 1.82) is 0 Å². The lowest BCUT2D eigenvalue weighted by Gasteiger charge is -2.19. The SMILES string of the molecule is COc1cc(OC)c(/C=C/S(=O)(=O)Cc2ccc(OC)c(N[C@H](C(=O)O)c3ccccc3)c2)c(OC)c1. The molecule has 9 nitrogen and oxygen atoms in total. The molecule has 3 rings (SSSR count). The van der Waals surface area contributed by atoms with Crippen LogP contribution in [0.25, 0.3) is 6.08 Å². The van der Waals surface area contributed by atoms with E-state index in [1.807, 2.05) is 0 Å². The number of hydrogen-bond acceptors (Lipinski definition) is 8. The normalized spacial score (nSPS) is 12.1. The van der Waals surface area contributed by atoms with Crippen LogP contribution in [0.3, 0.4) is 0 Å². The zero-order valence-corrected chi connectivity index (χ0v) is 21.7. The van der Waals surface area contributed by atoms with Gasteiger partial charge in [-0.25, -0.2) is 13.2 Å². The molecule has 0 aliphatic heterocycles. The largest absolute Gasteiger partial charge is 0.496 e. The molecule has 2 N–H and O–H groups in total. The fourth-order valence-corrected chi connectivity index (χ4v) is 4.78. The second-order valence-electron chi connectivity index (χ2n) is 7.92. The lowest BCUT2D eigenvalue weighted by atomic mass is 10.1. The maximum Gasteiger partial charge on any atom is 0.330 e. The summed E-state index contributed by atoms with van der Waals surface area (Å²) >= 11 is 0. The van der Waals surface area contributed by atoms with E-state index in [1.165, 1.54) is 34.5 Å². The van der Waals surface area contributed by atoms with E-state index in [2.05, 4.69) is 5.32 Å². The van der Waals surface area contributed by atoms with Gasteiger partial charge in [0.1, 0.15) is 23.0 Å². The molecule has 3 aromatic rings. The number of sulfone groups is 1. The van der Waals surface area contributed by atoms with Crippen LogP contribution in [0, 0.1) is 0 Å². The van der Waals surface area contributed by atoms with Crippen LogP contribution in [0.15, 0.2) is 66.1 Å². The number of nitrogens with one attached hydrogen (secondary N) is 1. The molecule has 3 aromatic carbocycles. The quantitative estimate of drug-likeness (QED) is 0.350. The van der Waals surface area contributed by atoms with E-state index in [9.17, 15) is 18.3 Å². The Hall–Kier alpha value is -4.18. The van der Waals surface area contributed by atoms with Gasteiger partial charge in [0.15, 0.2) is 15.9 Å². The van der Waals surface area contributed by atoms with Crippen molar-refractivity contribution in [3.8, 4) is 23.0 Å². The number of carbonyl (C=O) groups is 1.